The lowest BCUT2D eigenvalue weighted by Crippen LogP contribution is -2.39. The fraction of sp³-hybridized carbons (Fsp3) is 0.931. The average Bonchev–Trinajstić information content (AvgIpc) is 3.16. The summed E-state index contributed by atoms with van der Waals surface area (Å²) in [5, 5.41) is 0. The minimum atomic E-state index is 0.644. The van der Waals surface area contributed by atoms with E-state index in [0.29, 0.717) is 6.17 Å². The topological polar surface area (TPSA) is 6.48 Å². The number of rotatable bonds is 23. The summed E-state index contributed by atoms with van der Waals surface area (Å²) < 4.78 is 0. The van der Waals surface area contributed by atoms with E-state index >= 15 is 0 Å². The van der Waals surface area contributed by atoms with Gasteiger partial charge in [-0.1, -0.05) is 130 Å². The van der Waals surface area contributed by atoms with Crippen LogP contribution in [0.25, 0.3) is 0 Å². The monoisotopic (exact) mass is 434 g/mol. The predicted molar refractivity (Wildman–Crippen MR) is 140 cm³/mol. The lowest BCUT2D eigenvalue weighted by atomic mass is 10.0. The highest BCUT2D eigenvalue weighted by atomic mass is 15.4. The van der Waals surface area contributed by atoms with Crippen LogP contribution in [0.15, 0.2) is 12.4 Å². The minimum Gasteiger partial charge on any atom is -0.356 e. The van der Waals surface area contributed by atoms with Crippen molar-refractivity contribution in [1.29, 1.82) is 0 Å². The van der Waals surface area contributed by atoms with Gasteiger partial charge in [0.2, 0.25) is 0 Å². The zero-order chi connectivity index (χ0) is 22.4. The first-order valence-electron chi connectivity index (χ1n) is 14.5. The van der Waals surface area contributed by atoms with E-state index in [2.05, 4.69) is 43.0 Å². The number of nitrogens with zero attached hydrogens (tertiary/aromatic N) is 2. The Bertz CT molecular complexity index is 392. The average molecular weight is 435 g/mol. The maximum Gasteiger partial charge on any atom is 0.101 e. The molecule has 0 spiro atoms. The molecule has 0 saturated carbocycles. The Labute approximate surface area is 197 Å². The van der Waals surface area contributed by atoms with Gasteiger partial charge in [0.15, 0.2) is 0 Å². The molecule has 1 atom stereocenters. The van der Waals surface area contributed by atoms with Gasteiger partial charge < -0.3 is 9.80 Å². The van der Waals surface area contributed by atoms with Crippen molar-refractivity contribution in [2.45, 2.75) is 162 Å². The highest BCUT2D eigenvalue weighted by Crippen LogP contribution is 2.23. The third-order valence-electron chi connectivity index (χ3n) is 7.07. The molecule has 0 saturated heterocycles. The maximum absolute atomic E-state index is 2.66. The molecule has 2 nitrogen and oxygen atoms in total. The Hall–Kier alpha value is -0.660. The molecule has 0 bridgehead atoms. The van der Waals surface area contributed by atoms with Gasteiger partial charge in [-0.2, -0.15) is 0 Å². The molecule has 0 aromatic heterocycles. The minimum absolute atomic E-state index is 0.644. The summed E-state index contributed by atoms with van der Waals surface area (Å²) in [6.07, 6.45) is 35.1. The Morgan fingerprint density at radius 2 is 0.742 bits per heavy atom. The van der Waals surface area contributed by atoms with E-state index in [1.165, 1.54) is 148 Å². The first kappa shape index (κ1) is 28.4. The molecule has 1 aliphatic heterocycles. The summed E-state index contributed by atoms with van der Waals surface area (Å²) in [5.41, 5.74) is 0. The maximum atomic E-state index is 2.66. The lowest BCUT2D eigenvalue weighted by Gasteiger charge is -2.33. The Kier molecular flexibility index (Phi) is 19.4. The summed E-state index contributed by atoms with van der Waals surface area (Å²) in [5.74, 6) is 0. The smallest absolute Gasteiger partial charge is 0.101 e. The highest BCUT2D eigenvalue weighted by Gasteiger charge is 2.24. The summed E-state index contributed by atoms with van der Waals surface area (Å²) >= 11 is 0. The van der Waals surface area contributed by atoms with Gasteiger partial charge in [-0.15, -0.1) is 0 Å². The normalized spacial score (nSPS) is 16.0. The molecule has 0 radical (unpaired) electrons. The second-order valence-electron chi connectivity index (χ2n) is 10.1. The molecule has 0 aliphatic carbocycles. The zero-order valence-corrected chi connectivity index (χ0v) is 21.9. The van der Waals surface area contributed by atoms with Crippen molar-refractivity contribution in [2.24, 2.45) is 0 Å². The first-order valence-corrected chi connectivity index (χ1v) is 14.5. The van der Waals surface area contributed by atoms with Crippen molar-refractivity contribution in [3.8, 4) is 0 Å². The Balaban J connectivity index is 2.08. The zero-order valence-electron chi connectivity index (χ0n) is 21.9. The molecule has 2 heteroatoms. The van der Waals surface area contributed by atoms with Crippen LogP contribution < -0.4 is 0 Å². The summed E-state index contributed by atoms with van der Waals surface area (Å²) in [4.78, 5) is 5.31. The van der Waals surface area contributed by atoms with E-state index < -0.39 is 0 Å². The van der Waals surface area contributed by atoms with E-state index in [1.807, 2.05) is 0 Å². The Morgan fingerprint density at radius 1 is 0.419 bits per heavy atom. The highest BCUT2D eigenvalue weighted by molar-refractivity contribution is 4.96. The fourth-order valence-electron chi connectivity index (χ4n) is 4.95. The molecular formula is C29H58N2. The van der Waals surface area contributed by atoms with Crippen LogP contribution in [0.5, 0.6) is 0 Å². The standard InChI is InChI=1S/C29H58N2/c1-4-7-10-12-13-14-15-16-17-18-19-20-23-26-31-28-27-30(25-22-9-6-3)29(31)24-21-11-8-5-2/h27-29H,4-26H2,1-3H3. The van der Waals surface area contributed by atoms with Crippen LogP contribution in [-0.2, 0) is 0 Å². The number of hydrogen-bond donors (Lipinski definition) is 0. The van der Waals surface area contributed by atoms with Crippen molar-refractivity contribution in [1.82, 2.24) is 9.80 Å². The van der Waals surface area contributed by atoms with E-state index in [1.54, 1.807) is 0 Å². The van der Waals surface area contributed by atoms with E-state index in [4.69, 9.17) is 0 Å². The SMILES string of the molecule is CCCCCCCCCCCCCCCN1C=CN(CCCCC)C1CCCCCC. The van der Waals surface area contributed by atoms with E-state index in [9.17, 15) is 0 Å². The molecule has 184 valence electrons. The summed E-state index contributed by atoms with van der Waals surface area (Å²) in [6.45, 7) is 9.44. The van der Waals surface area contributed by atoms with Gasteiger partial charge in [0, 0.05) is 25.5 Å². The van der Waals surface area contributed by atoms with Crippen molar-refractivity contribution in [3.63, 3.8) is 0 Å². The molecule has 0 amide bonds. The molecule has 0 aromatic carbocycles. The molecule has 1 rings (SSSR count). The molecular weight excluding hydrogens is 376 g/mol. The van der Waals surface area contributed by atoms with Crippen molar-refractivity contribution in [3.05, 3.63) is 12.4 Å². The van der Waals surface area contributed by atoms with Crippen LogP contribution in [0.1, 0.15) is 156 Å². The quantitative estimate of drug-likeness (QED) is 0.148. The van der Waals surface area contributed by atoms with Gasteiger partial charge in [0.05, 0.1) is 0 Å². The number of hydrogen-bond acceptors (Lipinski definition) is 2. The molecule has 1 unspecified atom stereocenters. The molecule has 1 aliphatic rings. The van der Waals surface area contributed by atoms with Crippen molar-refractivity contribution < 1.29 is 0 Å². The van der Waals surface area contributed by atoms with Crippen LogP contribution in [0.4, 0.5) is 0 Å². The molecule has 0 aromatic rings. The summed E-state index contributed by atoms with van der Waals surface area (Å²) in [6, 6.07) is 0. The second-order valence-corrected chi connectivity index (χ2v) is 10.1. The predicted octanol–water partition coefficient (Wildman–Crippen LogP) is 9.65. The number of unbranched alkanes of at least 4 members (excludes halogenated alkanes) is 17. The van der Waals surface area contributed by atoms with Gasteiger partial charge in [0.25, 0.3) is 0 Å². The summed E-state index contributed by atoms with van der Waals surface area (Å²) in [7, 11) is 0. The molecule has 1 heterocycles. The molecule has 0 fully saturated rings. The van der Waals surface area contributed by atoms with Gasteiger partial charge >= 0.3 is 0 Å². The van der Waals surface area contributed by atoms with Gasteiger partial charge in [-0.3, -0.25) is 0 Å². The largest absolute Gasteiger partial charge is 0.356 e. The van der Waals surface area contributed by atoms with Crippen molar-refractivity contribution >= 4 is 0 Å². The van der Waals surface area contributed by atoms with Crippen molar-refractivity contribution in [2.75, 3.05) is 13.1 Å². The van der Waals surface area contributed by atoms with Crippen LogP contribution in [0.2, 0.25) is 0 Å². The third-order valence-corrected chi connectivity index (χ3v) is 7.07. The van der Waals surface area contributed by atoms with E-state index in [-0.39, 0.29) is 0 Å². The van der Waals surface area contributed by atoms with Crippen LogP contribution in [-0.4, -0.2) is 29.1 Å². The van der Waals surface area contributed by atoms with Crippen LogP contribution in [0, 0.1) is 0 Å². The van der Waals surface area contributed by atoms with Gasteiger partial charge in [-0.05, 0) is 25.7 Å². The first-order chi connectivity index (χ1) is 15.3. The molecule has 31 heavy (non-hydrogen) atoms. The van der Waals surface area contributed by atoms with Gasteiger partial charge in [-0.25, -0.2) is 0 Å². The van der Waals surface area contributed by atoms with Crippen LogP contribution in [0.3, 0.4) is 0 Å². The Morgan fingerprint density at radius 3 is 1.19 bits per heavy atom. The molecule has 0 N–H and O–H groups in total. The van der Waals surface area contributed by atoms with Crippen LogP contribution >= 0.6 is 0 Å². The van der Waals surface area contributed by atoms with E-state index in [0.717, 1.165) is 0 Å². The third kappa shape index (κ3) is 14.9. The second kappa shape index (κ2) is 21.2. The lowest BCUT2D eigenvalue weighted by molar-refractivity contribution is 0.135. The fourth-order valence-corrected chi connectivity index (χ4v) is 4.95. The van der Waals surface area contributed by atoms with Gasteiger partial charge in [0.1, 0.15) is 6.17 Å².